The Balaban J connectivity index is 2.28. The number of hydrogen-bond acceptors (Lipinski definition) is 0. The van der Waals surface area contributed by atoms with E-state index in [-0.39, 0.29) is 0 Å². The molecule has 3 rings (SSSR count). The summed E-state index contributed by atoms with van der Waals surface area (Å²) < 4.78 is 2.34. The molecule has 0 fully saturated rings. The summed E-state index contributed by atoms with van der Waals surface area (Å²) in [5, 5.41) is 0. The molecular formula is C15H12Br2. The van der Waals surface area contributed by atoms with Gasteiger partial charge in [0, 0.05) is 14.9 Å². The van der Waals surface area contributed by atoms with E-state index in [4.69, 9.17) is 0 Å². The lowest BCUT2D eigenvalue weighted by Gasteiger charge is -2.10. The first-order valence-electron chi connectivity index (χ1n) is 5.80. The van der Waals surface area contributed by atoms with E-state index in [1.54, 1.807) is 0 Å². The minimum Gasteiger partial charge on any atom is -0.0645 e. The zero-order valence-corrected chi connectivity index (χ0v) is 12.7. The van der Waals surface area contributed by atoms with E-state index in [9.17, 15) is 0 Å². The smallest absolute Gasteiger partial charge is 0.0178 e. The van der Waals surface area contributed by atoms with Crippen molar-refractivity contribution in [3.8, 4) is 11.1 Å². The van der Waals surface area contributed by atoms with Crippen molar-refractivity contribution in [2.24, 2.45) is 0 Å². The first-order valence-corrected chi connectivity index (χ1v) is 7.38. The highest BCUT2D eigenvalue weighted by Crippen LogP contribution is 2.47. The van der Waals surface area contributed by atoms with Gasteiger partial charge in [0.05, 0.1) is 0 Å². The fourth-order valence-electron chi connectivity index (χ4n) is 2.74. The molecule has 86 valence electrons. The van der Waals surface area contributed by atoms with Crippen LogP contribution in [0.3, 0.4) is 0 Å². The standard InChI is InChI=1S/C15H12Br2/c1-2-11-14-7-9(16)3-5-12(14)13-6-4-10(17)8-15(11)13/h3-8,11H,2H2,1H3. The molecule has 17 heavy (non-hydrogen) atoms. The van der Waals surface area contributed by atoms with Gasteiger partial charge in [0.1, 0.15) is 0 Å². The Kier molecular flexibility index (Phi) is 2.87. The van der Waals surface area contributed by atoms with Crippen molar-refractivity contribution in [2.45, 2.75) is 19.3 Å². The summed E-state index contributed by atoms with van der Waals surface area (Å²) in [6.45, 7) is 2.26. The Bertz CT molecular complexity index is 536. The van der Waals surface area contributed by atoms with E-state index in [2.05, 4.69) is 75.2 Å². The molecule has 2 aromatic carbocycles. The molecule has 0 saturated carbocycles. The maximum absolute atomic E-state index is 3.57. The molecule has 0 aromatic heterocycles. The highest BCUT2D eigenvalue weighted by Gasteiger charge is 2.27. The average Bonchev–Trinajstić information content (AvgIpc) is 2.60. The molecule has 0 unspecified atom stereocenters. The first kappa shape index (κ1) is 11.5. The van der Waals surface area contributed by atoms with Crippen LogP contribution in [0, 0.1) is 0 Å². The van der Waals surface area contributed by atoms with Gasteiger partial charge in [0.2, 0.25) is 0 Å². The fraction of sp³-hybridized carbons (Fsp3) is 0.200. The normalized spacial score (nSPS) is 13.6. The van der Waals surface area contributed by atoms with E-state index in [0.29, 0.717) is 5.92 Å². The zero-order valence-electron chi connectivity index (χ0n) is 9.50. The highest BCUT2D eigenvalue weighted by atomic mass is 79.9. The number of benzene rings is 2. The number of rotatable bonds is 1. The molecule has 0 N–H and O–H groups in total. The van der Waals surface area contributed by atoms with E-state index in [1.165, 1.54) is 31.2 Å². The van der Waals surface area contributed by atoms with Crippen LogP contribution >= 0.6 is 31.9 Å². The van der Waals surface area contributed by atoms with Gasteiger partial charge in [0.25, 0.3) is 0 Å². The molecule has 0 radical (unpaired) electrons. The highest BCUT2D eigenvalue weighted by molar-refractivity contribution is 9.10. The van der Waals surface area contributed by atoms with Crippen LogP contribution in [-0.2, 0) is 0 Å². The summed E-state index contributed by atoms with van der Waals surface area (Å²) in [6, 6.07) is 13.2. The van der Waals surface area contributed by atoms with Gasteiger partial charge in [-0.3, -0.25) is 0 Å². The van der Waals surface area contributed by atoms with Gasteiger partial charge in [-0.1, -0.05) is 50.9 Å². The van der Waals surface area contributed by atoms with Crippen molar-refractivity contribution in [2.75, 3.05) is 0 Å². The van der Waals surface area contributed by atoms with Crippen LogP contribution in [-0.4, -0.2) is 0 Å². The second-order valence-electron chi connectivity index (χ2n) is 4.42. The molecule has 0 saturated heterocycles. The quantitative estimate of drug-likeness (QED) is 0.615. The van der Waals surface area contributed by atoms with Gasteiger partial charge in [-0.15, -0.1) is 0 Å². The second kappa shape index (κ2) is 4.25. The van der Waals surface area contributed by atoms with Crippen molar-refractivity contribution in [3.63, 3.8) is 0 Å². The third kappa shape index (κ3) is 1.78. The first-order chi connectivity index (χ1) is 8.20. The summed E-state index contributed by atoms with van der Waals surface area (Å²) in [4.78, 5) is 0. The van der Waals surface area contributed by atoms with Gasteiger partial charge >= 0.3 is 0 Å². The van der Waals surface area contributed by atoms with Crippen LogP contribution < -0.4 is 0 Å². The predicted molar refractivity (Wildman–Crippen MR) is 79.4 cm³/mol. The van der Waals surface area contributed by atoms with E-state index in [0.717, 1.165) is 6.42 Å². The average molecular weight is 352 g/mol. The molecule has 0 atom stereocenters. The van der Waals surface area contributed by atoms with Crippen molar-refractivity contribution in [1.82, 2.24) is 0 Å². The molecule has 2 heteroatoms. The third-order valence-corrected chi connectivity index (χ3v) is 4.46. The SMILES string of the molecule is CCC1c2cc(Br)ccc2-c2ccc(Br)cc21. The van der Waals surface area contributed by atoms with Gasteiger partial charge in [-0.05, 0) is 52.9 Å². The molecule has 1 aliphatic rings. The van der Waals surface area contributed by atoms with Crippen molar-refractivity contribution >= 4 is 31.9 Å². The molecule has 1 aliphatic carbocycles. The Morgan fingerprint density at radius 3 is 1.76 bits per heavy atom. The van der Waals surface area contributed by atoms with Gasteiger partial charge in [0.15, 0.2) is 0 Å². The minimum atomic E-state index is 0.537. The molecule has 0 bridgehead atoms. The zero-order chi connectivity index (χ0) is 12.0. The van der Waals surface area contributed by atoms with Crippen molar-refractivity contribution in [1.29, 1.82) is 0 Å². The van der Waals surface area contributed by atoms with Gasteiger partial charge < -0.3 is 0 Å². The lowest BCUT2D eigenvalue weighted by Crippen LogP contribution is -1.94. The maximum atomic E-state index is 3.57. The van der Waals surface area contributed by atoms with Crippen LogP contribution in [0.25, 0.3) is 11.1 Å². The topological polar surface area (TPSA) is 0 Å². The molecule has 0 spiro atoms. The summed E-state index contributed by atoms with van der Waals surface area (Å²) in [6.07, 6.45) is 1.15. The largest absolute Gasteiger partial charge is 0.0645 e. The van der Waals surface area contributed by atoms with Crippen LogP contribution in [0.2, 0.25) is 0 Å². The fourth-order valence-corrected chi connectivity index (χ4v) is 3.50. The summed E-state index contributed by atoms with van der Waals surface area (Å²) in [5.41, 5.74) is 5.69. The lowest BCUT2D eigenvalue weighted by molar-refractivity contribution is 0.796. The number of hydrogen-bond donors (Lipinski definition) is 0. The number of halogens is 2. The van der Waals surface area contributed by atoms with Crippen LogP contribution in [0.5, 0.6) is 0 Å². The lowest BCUT2D eigenvalue weighted by atomic mass is 9.95. The molecule has 0 aliphatic heterocycles. The Hall–Kier alpha value is -0.600. The summed E-state index contributed by atoms with van der Waals surface area (Å²) in [7, 11) is 0. The molecule has 0 nitrogen and oxygen atoms in total. The predicted octanol–water partition coefficient (Wildman–Crippen LogP) is 5.73. The maximum Gasteiger partial charge on any atom is 0.0178 e. The van der Waals surface area contributed by atoms with Crippen molar-refractivity contribution < 1.29 is 0 Å². The second-order valence-corrected chi connectivity index (χ2v) is 6.26. The van der Waals surface area contributed by atoms with Crippen LogP contribution in [0.1, 0.15) is 30.4 Å². The monoisotopic (exact) mass is 350 g/mol. The summed E-state index contributed by atoms with van der Waals surface area (Å²) in [5.74, 6) is 0.537. The third-order valence-electron chi connectivity index (χ3n) is 3.48. The Morgan fingerprint density at radius 2 is 1.35 bits per heavy atom. The van der Waals surface area contributed by atoms with Gasteiger partial charge in [-0.2, -0.15) is 0 Å². The van der Waals surface area contributed by atoms with E-state index >= 15 is 0 Å². The molecular weight excluding hydrogens is 340 g/mol. The van der Waals surface area contributed by atoms with Gasteiger partial charge in [-0.25, -0.2) is 0 Å². The molecule has 2 aromatic rings. The Morgan fingerprint density at radius 1 is 0.882 bits per heavy atom. The Labute approximate surface area is 118 Å². The summed E-state index contributed by atoms with van der Waals surface area (Å²) >= 11 is 7.14. The number of fused-ring (bicyclic) bond motifs is 3. The minimum absolute atomic E-state index is 0.537. The van der Waals surface area contributed by atoms with Crippen LogP contribution in [0.15, 0.2) is 45.3 Å². The van der Waals surface area contributed by atoms with E-state index in [1.807, 2.05) is 0 Å². The van der Waals surface area contributed by atoms with Crippen LogP contribution in [0.4, 0.5) is 0 Å². The molecule has 0 amide bonds. The van der Waals surface area contributed by atoms with E-state index < -0.39 is 0 Å². The van der Waals surface area contributed by atoms with Crippen molar-refractivity contribution in [3.05, 3.63) is 56.5 Å². The molecule has 0 heterocycles.